The van der Waals surface area contributed by atoms with Crippen molar-refractivity contribution in [2.75, 3.05) is 18.0 Å². The van der Waals surface area contributed by atoms with Crippen LogP contribution in [0.2, 0.25) is 0 Å². The zero-order valence-corrected chi connectivity index (χ0v) is 10.3. The normalized spacial score (nSPS) is 10.5. The Balaban J connectivity index is 2.24. The number of nitrogens with two attached hydrogens (primary N) is 1. The summed E-state index contributed by atoms with van der Waals surface area (Å²) in [4.78, 5) is 6.42. The van der Waals surface area contributed by atoms with E-state index in [0.717, 1.165) is 17.6 Å². The van der Waals surface area contributed by atoms with Gasteiger partial charge in [0.1, 0.15) is 5.52 Å². The van der Waals surface area contributed by atoms with Crippen molar-refractivity contribution in [1.29, 1.82) is 5.41 Å². The Labute approximate surface area is 105 Å². The summed E-state index contributed by atoms with van der Waals surface area (Å²) in [5.41, 5.74) is 6.97. The Bertz CT molecular complexity index is 553. The van der Waals surface area contributed by atoms with E-state index in [1.165, 1.54) is 0 Å². The highest BCUT2D eigenvalue weighted by Gasteiger charge is 2.09. The molecular weight excluding hydrogens is 228 g/mol. The maximum Gasteiger partial charge on any atom is 0.245 e. The number of hydrogen-bond acceptors (Lipinski definition) is 5. The third-order valence-corrected chi connectivity index (χ3v) is 2.66. The van der Waals surface area contributed by atoms with Gasteiger partial charge in [-0.25, -0.2) is 4.98 Å². The van der Waals surface area contributed by atoms with Gasteiger partial charge in [0, 0.05) is 19.5 Å². The number of hydrogen-bond donors (Lipinski definition) is 2. The van der Waals surface area contributed by atoms with E-state index in [2.05, 4.69) is 15.2 Å². The van der Waals surface area contributed by atoms with Crippen LogP contribution in [0.1, 0.15) is 13.3 Å². The van der Waals surface area contributed by atoms with Crippen molar-refractivity contribution in [3.63, 3.8) is 0 Å². The zero-order chi connectivity index (χ0) is 13.0. The topological polar surface area (TPSA) is 91.8 Å². The summed E-state index contributed by atoms with van der Waals surface area (Å²) in [5, 5.41) is 15.5. The van der Waals surface area contributed by atoms with E-state index in [1.54, 1.807) is 0 Å². The number of aromatic nitrogens is 3. The molecule has 0 aliphatic rings. The second-order valence-corrected chi connectivity index (χ2v) is 3.96. The lowest BCUT2D eigenvalue weighted by atomic mass is 10.3. The summed E-state index contributed by atoms with van der Waals surface area (Å²) in [7, 11) is 0. The van der Waals surface area contributed by atoms with Crippen LogP contribution in [0.3, 0.4) is 0 Å². The van der Waals surface area contributed by atoms with Crippen LogP contribution >= 0.6 is 0 Å². The van der Waals surface area contributed by atoms with Gasteiger partial charge in [0.25, 0.3) is 0 Å². The van der Waals surface area contributed by atoms with Crippen molar-refractivity contribution in [3.8, 4) is 0 Å². The minimum absolute atomic E-state index is 0.169. The number of benzene rings is 1. The molecule has 94 valence electrons. The lowest BCUT2D eigenvalue weighted by Crippen LogP contribution is -2.29. The monoisotopic (exact) mass is 244 g/mol. The first kappa shape index (κ1) is 12.2. The average Bonchev–Trinajstić information content (AvgIpc) is 2.39. The fraction of sp³-hybridized carbons (Fsp3) is 0.333. The Morgan fingerprint density at radius 1 is 1.28 bits per heavy atom. The summed E-state index contributed by atoms with van der Waals surface area (Å²) in [6.07, 6.45) is 0.504. The standard InChI is InChI=1S/C12H16N6/c1-2-18(8-7-11(13)14)12-15-9-5-3-4-6-10(9)16-17-12/h3-6H,2,7-8H2,1H3,(H3,13,14). The summed E-state index contributed by atoms with van der Waals surface area (Å²) < 4.78 is 0. The lowest BCUT2D eigenvalue weighted by Gasteiger charge is -2.19. The van der Waals surface area contributed by atoms with Crippen LogP contribution in [0.5, 0.6) is 0 Å². The van der Waals surface area contributed by atoms with Gasteiger partial charge >= 0.3 is 0 Å². The zero-order valence-electron chi connectivity index (χ0n) is 10.3. The molecule has 0 atom stereocenters. The SMILES string of the molecule is CCN(CCC(=N)N)c1nnc2ccccc2n1. The number of anilines is 1. The number of nitrogens with one attached hydrogen (secondary N) is 1. The molecule has 0 spiro atoms. The molecule has 0 radical (unpaired) electrons. The van der Waals surface area contributed by atoms with Crippen molar-refractivity contribution in [1.82, 2.24) is 15.2 Å². The Morgan fingerprint density at radius 2 is 2.00 bits per heavy atom. The van der Waals surface area contributed by atoms with Crippen LogP contribution in [0.4, 0.5) is 5.95 Å². The van der Waals surface area contributed by atoms with Crippen molar-refractivity contribution in [2.24, 2.45) is 5.73 Å². The van der Waals surface area contributed by atoms with Crippen molar-refractivity contribution < 1.29 is 0 Å². The number of fused-ring (bicyclic) bond motifs is 1. The molecule has 0 saturated heterocycles. The Hall–Kier alpha value is -2.24. The molecule has 0 unspecified atom stereocenters. The van der Waals surface area contributed by atoms with Gasteiger partial charge < -0.3 is 10.6 Å². The molecule has 0 aliphatic carbocycles. The lowest BCUT2D eigenvalue weighted by molar-refractivity contribution is 0.782. The van der Waals surface area contributed by atoms with Gasteiger partial charge in [-0.15, -0.1) is 10.2 Å². The number of nitrogens with zero attached hydrogens (tertiary/aromatic N) is 4. The molecule has 0 amide bonds. The fourth-order valence-corrected chi connectivity index (χ4v) is 1.66. The first-order valence-electron chi connectivity index (χ1n) is 5.88. The highest BCUT2D eigenvalue weighted by molar-refractivity contribution is 5.77. The van der Waals surface area contributed by atoms with Gasteiger partial charge in [0.2, 0.25) is 5.95 Å². The fourth-order valence-electron chi connectivity index (χ4n) is 1.66. The summed E-state index contributed by atoms with van der Waals surface area (Å²) in [6, 6.07) is 7.62. The van der Waals surface area contributed by atoms with E-state index in [-0.39, 0.29) is 5.84 Å². The summed E-state index contributed by atoms with van der Waals surface area (Å²) in [6.45, 7) is 3.40. The highest BCUT2D eigenvalue weighted by Crippen LogP contribution is 2.12. The van der Waals surface area contributed by atoms with Gasteiger partial charge in [0.15, 0.2) is 0 Å². The van der Waals surface area contributed by atoms with Gasteiger partial charge in [0.05, 0.1) is 11.4 Å². The number of amidine groups is 1. The molecule has 0 saturated carbocycles. The Morgan fingerprint density at radius 3 is 2.67 bits per heavy atom. The predicted molar refractivity (Wildman–Crippen MR) is 71.8 cm³/mol. The molecule has 6 nitrogen and oxygen atoms in total. The molecule has 1 aromatic carbocycles. The van der Waals surface area contributed by atoms with Gasteiger partial charge in [-0.2, -0.15) is 0 Å². The quantitative estimate of drug-likeness (QED) is 0.608. The molecule has 1 aromatic heterocycles. The predicted octanol–water partition coefficient (Wildman–Crippen LogP) is 1.18. The first-order chi connectivity index (χ1) is 8.70. The molecule has 0 bridgehead atoms. The largest absolute Gasteiger partial charge is 0.388 e. The van der Waals surface area contributed by atoms with E-state index in [9.17, 15) is 0 Å². The van der Waals surface area contributed by atoms with Crippen molar-refractivity contribution >= 4 is 22.8 Å². The van der Waals surface area contributed by atoms with Gasteiger partial charge in [-0.3, -0.25) is 5.41 Å². The highest BCUT2D eigenvalue weighted by atomic mass is 15.3. The Kier molecular flexibility index (Phi) is 3.66. The van der Waals surface area contributed by atoms with Crippen LogP contribution in [-0.2, 0) is 0 Å². The van der Waals surface area contributed by atoms with E-state index >= 15 is 0 Å². The second-order valence-electron chi connectivity index (χ2n) is 3.96. The molecule has 6 heteroatoms. The molecule has 18 heavy (non-hydrogen) atoms. The minimum Gasteiger partial charge on any atom is -0.388 e. The average molecular weight is 244 g/mol. The van der Waals surface area contributed by atoms with Crippen LogP contribution in [0.25, 0.3) is 11.0 Å². The van der Waals surface area contributed by atoms with E-state index in [0.29, 0.717) is 18.9 Å². The summed E-state index contributed by atoms with van der Waals surface area (Å²) in [5.74, 6) is 0.750. The van der Waals surface area contributed by atoms with Crippen LogP contribution in [-0.4, -0.2) is 34.1 Å². The van der Waals surface area contributed by atoms with Crippen LogP contribution in [0.15, 0.2) is 24.3 Å². The van der Waals surface area contributed by atoms with E-state index < -0.39 is 0 Å². The van der Waals surface area contributed by atoms with E-state index in [1.807, 2.05) is 36.1 Å². The third-order valence-electron chi connectivity index (χ3n) is 2.66. The molecule has 0 aliphatic heterocycles. The molecule has 2 aromatic rings. The molecule has 0 fully saturated rings. The van der Waals surface area contributed by atoms with Gasteiger partial charge in [-0.05, 0) is 19.1 Å². The number of rotatable bonds is 5. The third kappa shape index (κ3) is 2.71. The minimum atomic E-state index is 0.169. The maximum atomic E-state index is 7.25. The van der Waals surface area contributed by atoms with Crippen LogP contribution < -0.4 is 10.6 Å². The molecule has 1 heterocycles. The maximum absolute atomic E-state index is 7.25. The first-order valence-corrected chi connectivity index (χ1v) is 5.88. The van der Waals surface area contributed by atoms with Crippen molar-refractivity contribution in [2.45, 2.75) is 13.3 Å². The summed E-state index contributed by atoms with van der Waals surface area (Å²) >= 11 is 0. The second kappa shape index (κ2) is 5.39. The van der Waals surface area contributed by atoms with Crippen LogP contribution in [0, 0.1) is 5.41 Å². The smallest absolute Gasteiger partial charge is 0.245 e. The molecular formula is C12H16N6. The number of para-hydroxylation sites is 1. The molecule has 3 N–H and O–H groups in total. The van der Waals surface area contributed by atoms with Gasteiger partial charge in [-0.1, -0.05) is 12.1 Å². The van der Waals surface area contributed by atoms with Crippen molar-refractivity contribution in [3.05, 3.63) is 24.3 Å². The van der Waals surface area contributed by atoms with E-state index in [4.69, 9.17) is 11.1 Å². The molecule has 2 rings (SSSR count).